The largest absolute Gasteiger partial charge is 0.497 e. The predicted octanol–water partition coefficient (Wildman–Crippen LogP) is 3.83. The normalized spacial score (nSPS) is 26.8. The second kappa shape index (κ2) is 8.25. The Balaban J connectivity index is 1.55. The van der Waals surface area contributed by atoms with Crippen LogP contribution in [0.4, 0.5) is 0 Å². The number of hydrogen-bond acceptors (Lipinski definition) is 5. The molecule has 0 radical (unpaired) electrons. The minimum atomic E-state index is -0.757. The third kappa shape index (κ3) is 3.81. The molecule has 1 saturated heterocycles. The molecule has 2 atom stereocenters. The van der Waals surface area contributed by atoms with Crippen LogP contribution in [-0.2, 0) is 12.1 Å². The SMILES string of the molecule is COc1ccc(C2(O)[C@@H]3CCC[C@@H]2CN(Cc2cc(OC)cc(OC)c2)C3)cc1. The first kappa shape index (κ1) is 20.0. The molecule has 0 spiro atoms. The monoisotopic (exact) mass is 397 g/mol. The molecular weight excluding hydrogens is 366 g/mol. The molecule has 1 aliphatic carbocycles. The molecular formula is C24H31NO4. The quantitative estimate of drug-likeness (QED) is 0.803. The van der Waals surface area contributed by atoms with Crippen molar-refractivity contribution in [1.82, 2.24) is 4.90 Å². The van der Waals surface area contributed by atoms with Crippen LogP contribution in [-0.4, -0.2) is 44.4 Å². The van der Waals surface area contributed by atoms with Gasteiger partial charge in [-0.2, -0.15) is 0 Å². The van der Waals surface area contributed by atoms with Crippen molar-refractivity contribution in [2.75, 3.05) is 34.4 Å². The van der Waals surface area contributed by atoms with E-state index in [1.807, 2.05) is 30.3 Å². The number of ether oxygens (including phenoxy) is 3. The molecule has 1 heterocycles. The van der Waals surface area contributed by atoms with Crippen LogP contribution in [0.5, 0.6) is 17.2 Å². The first-order valence-corrected chi connectivity index (χ1v) is 10.4. The van der Waals surface area contributed by atoms with Gasteiger partial charge in [-0.15, -0.1) is 0 Å². The molecule has 1 aliphatic heterocycles. The highest BCUT2D eigenvalue weighted by atomic mass is 16.5. The molecule has 5 nitrogen and oxygen atoms in total. The fourth-order valence-corrected chi connectivity index (χ4v) is 5.22. The van der Waals surface area contributed by atoms with Crippen molar-refractivity contribution in [2.45, 2.75) is 31.4 Å². The van der Waals surface area contributed by atoms with E-state index in [0.717, 1.165) is 55.3 Å². The van der Waals surface area contributed by atoms with Crippen molar-refractivity contribution in [3.05, 3.63) is 53.6 Å². The van der Waals surface area contributed by atoms with E-state index in [1.54, 1.807) is 21.3 Å². The molecule has 1 saturated carbocycles. The van der Waals surface area contributed by atoms with E-state index < -0.39 is 5.60 Å². The van der Waals surface area contributed by atoms with Crippen molar-refractivity contribution in [3.63, 3.8) is 0 Å². The lowest BCUT2D eigenvalue weighted by atomic mass is 9.62. The van der Waals surface area contributed by atoms with Crippen LogP contribution in [0, 0.1) is 11.8 Å². The molecule has 156 valence electrons. The Hall–Kier alpha value is -2.24. The van der Waals surface area contributed by atoms with Gasteiger partial charge in [-0.25, -0.2) is 0 Å². The summed E-state index contributed by atoms with van der Waals surface area (Å²) in [5.41, 5.74) is 1.44. The average Bonchev–Trinajstić information content (AvgIpc) is 2.74. The number of hydrogen-bond donors (Lipinski definition) is 1. The highest BCUT2D eigenvalue weighted by molar-refractivity contribution is 5.38. The minimum absolute atomic E-state index is 0.232. The number of fused-ring (bicyclic) bond motifs is 2. The van der Waals surface area contributed by atoms with Gasteiger partial charge in [0, 0.05) is 37.5 Å². The van der Waals surface area contributed by atoms with Gasteiger partial charge < -0.3 is 19.3 Å². The zero-order valence-electron chi connectivity index (χ0n) is 17.6. The maximum Gasteiger partial charge on any atom is 0.122 e. The maximum absolute atomic E-state index is 11.8. The summed E-state index contributed by atoms with van der Waals surface area (Å²) in [6, 6.07) is 14.0. The summed E-state index contributed by atoms with van der Waals surface area (Å²) < 4.78 is 16.1. The van der Waals surface area contributed by atoms with Crippen molar-refractivity contribution < 1.29 is 19.3 Å². The van der Waals surface area contributed by atoms with Crippen molar-refractivity contribution in [1.29, 1.82) is 0 Å². The fourth-order valence-electron chi connectivity index (χ4n) is 5.22. The summed E-state index contributed by atoms with van der Waals surface area (Å²) in [4.78, 5) is 2.47. The van der Waals surface area contributed by atoms with E-state index in [1.165, 1.54) is 12.0 Å². The third-order valence-electron chi connectivity index (χ3n) is 6.68. The molecule has 1 N–H and O–H groups in total. The molecule has 29 heavy (non-hydrogen) atoms. The third-order valence-corrected chi connectivity index (χ3v) is 6.68. The van der Waals surface area contributed by atoms with E-state index >= 15 is 0 Å². The summed E-state index contributed by atoms with van der Waals surface area (Å²) in [5.74, 6) is 2.91. The fraction of sp³-hybridized carbons (Fsp3) is 0.500. The van der Waals surface area contributed by atoms with Crippen LogP contribution in [0.2, 0.25) is 0 Å². The second-order valence-electron chi connectivity index (χ2n) is 8.29. The molecule has 2 aromatic rings. The van der Waals surface area contributed by atoms with Crippen molar-refractivity contribution >= 4 is 0 Å². The molecule has 2 aliphatic rings. The lowest BCUT2D eigenvalue weighted by Gasteiger charge is -2.53. The Morgan fingerprint density at radius 3 is 1.93 bits per heavy atom. The van der Waals surface area contributed by atoms with Gasteiger partial charge >= 0.3 is 0 Å². The van der Waals surface area contributed by atoms with E-state index in [-0.39, 0.29) is 11.8 Å². The summed E-state index contributed by atoms with van der Waals surface area (Å²) in [7, 11) is 5.03. The summed E-state index contributed by atoms with van der Waals surface area (Å²) in [5, 5.41) is 11.8. The molecule has 2 fully saturated rings. The van der Waals surface area contributed by atoms with Gasteiger partial charge in [0.05, 0.1) is 26.9 Å². The molecule has 0 unspecified atom stereocenters. The van der Waals surface area contributed by atoms with Gasteiger partial charge in [0.1, 0.15) is 17.2 Å². The van der Waals surface area contributed by atoms with Gasteiger partial charge in [-0.05, 0) is 48.2 Å². The second-order valence-corrected chi connectivity index (χ2v) is 8.29. The number of aliphatic hydroxyl groups is 1. The van der Waals surface area contributed by atoms with Crippen molar-refractivity contribution in [3.8, 4) is 17.2 Å². The standard InChI is InChI=1S/C24H31NO4/c1-27-21-9-7-18(8-10-21)24(26)19-5-4-6-20(24)16-25(15-19)14-17-11-22(28-2)13-23(12-17)29-3/h7-13,19-20,26H,4-6,14-16H2,1-3H3/t19-,20-/m1/s1. The van der Waals surface area contributed by atoms with Gasteiger partial charge in [0.15, 0.2) is 0 Å². The van der Waals surface area contributed by atoms with E-state index in [9.17, 15) is 5.11 Å². The number of nitrogens with zero attached hydrogens (tertiary/aromatic N) is 1. The van der Waals surface area contributed by atoms with Gasteiger partial charge in [0.25, 0.3) is 0 Å². The molecule has 4 rings (SSSR count). The minimum Gasteiger partial charge on any atom is -0.497 e. The smallest absolute Gasteiger partial charge is 0.122 e. The number of methoxy groups -OCH3 is 3. The zero-order chi connectivity index (χ0) is 20.4. The highest BCUT2D eigenvalue weighted by Gasteiger charge is 2.51. The Morgan fingerprint density at radius 1 is 0.862 bits per heavy atom. The van der Waals surface area contributed by atoms with E-state index in [2.05, 4.69) is 17.0 Å². The Bertz CT molecular complexity index is 799. The van der Waals surface area contributed by atoms with Gasteiger partial charge in [-0.3, -0.25) is 4.90 Å². The lowest BCUT2D eigenvalue weighted by Crippen LogP contribution is -2.57. The molecule has 2 aromatic carbocycles. The Kier molecular flexibility index (Phi) is 5.70. The molecule has 2 bridgehead atoms. The van der Waals surface area contributed by atoms with Gasteiger partial charge in [-0.1, -0.05) is 18.6 Å². The maximum atomic E-state index is 11.8. The summed E-state index contributed by atoms with van der Waals surface area (Å²) >= 11 is 0. The van der Waals surface area contributed by atoms with Crippen LogP contribution >= 0.6 is 0 Å². The first-order valence-electron chi connectivity index (χ1n) is 10.4. The topological polar surface area (TPSA) is 51.2 Å². The molecule has 0 amide bonds. The van der Waals surface area contributed by atoms with E-state index in [0.29, 0.717) is 0 Å². The van der Waals surface area contributed by atoms with E-state index in [4.69, 9.17) is 14.2 Å². The van der Waals surface area contributed by atoms with Crippen LogP contribution in [0.15, 0.2) is 42.5 Å². The number of rotatable bonds is 6. The Labute approximate surface area is 173 Å². The average molecular weight is 398 g/mol. The van der Waals surface area contributed by atoms with Crippen LogP contribution < -0.4 is 14.2 Å². The lowest BCUT2D eigenvalue weighted by molar-refractivity contribution is -0.148. The van der Waals surface area contributed by atoms with Crippen LogP contribution in [0.25, 0.3) is 0 Å². The first-order chi connectivity index (χ1) is 14.1. The highest BCUT2D eigenvalue weighted by Crippen LogP contribution is 2.49. The zero-order valence-corrected chi connectivity index (χ0v) is 17.6. The number of piperidine rings is 1. The molecule has 5 heteroatoms. The van der Waals surface area contributed by atoms with Crippen LogP contribution in [0.1, 0.15) is 30.4 Å². The van der Waals surface area contributed by atoms with Crippen LogP contribution in [0.3, 0.4) is 0 Å². The Morgan fingerprint density at radius 2 is 1.41 bits per heavy atom. The number of likely N-dealkylation sites (tertiary alicyclic amines) is 1. The molecule has 0 aromatic heterocycles. The number of benzene rings is 2. The van der Waals surface area contributed by atoms with Crippen molar-refractivity contribution in [2.24, 2.45) is 11.8 Å². The predicted molar refractivity (Wildman–Crippen MR) is 113 cm³/mol. The summed E-state index contributed by atoms with van der Waals surface area (Å²) in [6.45, 7) is 2.61. The summed E-state index contributed by atoms with van der Waals surface area (Å²) in [6.07, 6.45) is 3.29. The van der Waals surface area contributed by atoms with Gasteiger partial charge in [0.2, 0.25) is 0 Å².